The molecule has 0 atom stereocenters. The van der Waals surface area contributed by atoms with Crippen LogP contribution in [0.5, 0.6) is 5.88 Å². The van der Waals surface area contributed by atoms with Crippen molar-refractivity contribution in [2.24, 2.45) is 0 Å². The molecule has 11 heteroatoms. The van der Waals surface area contributed by atoms with E-state index in [0.29, 0.717) is 6.07 Å². The molecule has 0 aromatic carbocycles. The number of hydrogen-bond acceptors (Lipinski definition) is 5. The van der Waals surface area contributed by atoms with Gasteiger partial charge in [0, 0.05) is 0 Å². The van der Waals surface area contributed by atoms with Gasteiger partial charge in [-0.1, -0.05) is 0 Å². The van der Waals surface area contributed by atoms with E-state index in [9.17, 15) is 32.9 Å². The monoisotopic (exact) mass is 282 g/mol. The fourth-order valence-electron chi connectivity index (χ4n) is 1.21. The molecule has 0 fully saturated rings. The normalized spacial score (nSPS) is 11.1. The number of nitro groups is 1. The highest BCUT2D eigenvalue weighted by molar-refractivity contribution is 5.71. The summed E-state index contributed by atoms with van der Waals surface area (Å²) < 4.78 is 39.1. The number of carboxylic acid groups (broad SMARTS) is 1. The second kappa shape index (κ2) is 4.96. The van der Waals surface area contributed by atoms with E-state index in [4.69, 9.17) is 5.11 Å². The molecule has 2 N–H and O–H groups in total. The molecular formula is C8H5F3N2O6. The molecule has 0 spiro atoms. The lowest BCUT2D eigenvalue weighted by molar-refractivity contribution is -0.390. The molecule has 1 aromatic heterocycles. The van der Waals surface area contributed by atoms with Crippen LogP contribution in [-0.4, -0.2) is 27.3 Å². The molecule has 0 aliphatic carbocycles. The lowest BCUT2D eigenvalue weighted by atomic mass is 10.2. The Hall–Kier alpha value is -2.59. The predicted molar refractivity (Wildman–Crippen MR) is 51.7 cm³/mol. The maximum absolute atomic E-state index is 11.9. The summed E-state index contributed by atoms with van der Waals surface area (Å²) in [5, 5.41) is 19.0. The summed E-state index contributed by atoms with van der Waals surface area (Å²) in [5.74, 6) is -3.90. The van der Waals surface area contributed by atoms with Crippen LogP contribution in [0.25, 0.3) is 0 Å². The number of nitrogens with zero attached hydrogens (tertiary/aromatic N) is 1. The number of hydrogen-bond donors (Lipinski definition) is 2. The Morgan fingerprint density at radius 3 is 2.53 bits per heavy atom. The number of aromatic amines is 1. The Balaban J connectivity index is 3.33. The highest BCUT2D eigenvalue weighted by Crippen LogP contribution is 2.23. The summed E-state index contributed by atoms with van der Waals surface area (Å²) in [6, 6.07) is 0.290. The van der Waals surface area contributed by atoms with Crippen LogP contribution in [0.4, 0.5) is 19.0 Å². The molecule has 1 aromatic rings. The molecule has 0 aliphatic rings. The second-order valence-corrected chi connectivity index (χ2v) is 3.20. The molecule has 0 saturated carbocycles. The van der Waals surface area contributed by atoms with Crippen molar-refractivity contribution in [3.63, 3.8) is 0 Å². The SMILES string of the molecule is O=C(O)Cc1c([N+](=O)[O-])[nH]c(OC(F)(F)F)cc1=O. The Morgan fingerprint density at radius 1 is 1.53 bits per heavy atom. The van der Waals surface area contributed by atoms with Gasteiger partial charge in [0.15, 0.2) is 5.43 Å². The van der Waals surface area contributed by atoms with Crippen molar-refractivity contribution in [2.75, 3.05) is 0 Å². The van der Waals surface area contributed by atoms with Crippen LogP contribution >= 0.6 is 0 Å². The quantitative estimate of drug-likeness (QED) is 0.622. The minimum absolute atomic E-state index is 0.290. The van der Waals surface area contributed by atoms with Gasteiger partial charge in [0.25, 0.3) is 5.88 Å². The van der Waals surface area contributed by atoms with Gasteiger partial charge >= 0.3 is 18.1 Å². The topological polar surface area (TPSA) is 123 Å². The minimum atomic E-state index is -5.15. The van der Waals surface area contributed by atoms with Crippen molar-refractivity contribution in [3.05, 3.63) is 32.0 Å². The minimum Gasteiger partial charge on any atom is -0.481 e. The molecule has 104 valence electrons. The number of nitrogens with one attached hydrogen (secondary N) is 1. The maximum atomic E-state index is 11.9. The standard InChI is InChI=1S/C8H5F3N2O6/c9-8(10,11)19-5-2-4(14)3(1-6(15)16)7(12-5)13(17)18/h2H,1H2,(H,12,14)(H,15,16). The first-order valence-electron chi connectivity index (χ1n) is 4.48. The molecule has 0 bridgehead atoms. The molecule has 1 heterocycles. The van der Waals surface area contributed by atoms with E-state index < -0.39 is 46.4 Å². The van der Waals surface area contributed by atoms with Gasteiger partial charge in [0.05, 0.1) is 12.5 Å². The molecule has 8 nitrogen and oxygen atoms in total. The predicted octanol–water partition coefficient (Wildman–Crippen LogP) is 0.809. The van der Waals surface area contributed by atoms with Crippen LogP contribution in [0.15, 0.2) is 10.9 Å². The fourth-order valence-corrected chi connectivity index (χ4v) is 1.21. The Labute approximate surface area is 101 Å². The van der Waals surface area contributed by atoms with Crippen molar-refractivity contribution < 1.29 is 32.7 Å². The lowest BCUT2D eigenvalue weighted by Gasteiger charge is -2.07. The fraction of sp³-hybridized carbons (Fsp3) is 0.250. The Kier molecular flexibility index (Phi) is 3.77. The third kappa shape index (κ3) is 3.97. The third-order valence-corrected chi connectivity index (χ3v) is 1.82. The van der Waals surface area contributed by atoms with E-state index in [1.54, 1.807) is 4.98 Å². The van der Waals surface area contributed by atoms with Gasteiger partial charge in [-0.15, -0.1) is 13.2 Å². The number of halogens is 3. The van der Waals surface area contributed by atoms with Gasteiger partial charge < -0.3 is 20.0 Å². The summed E-state index contributed by atoms with van der Waals surface area (Å²) in [4.78, 5) is 32.8. The van der Waals surface area contributed by atoms with Gasteiger partial charge in [-0.3, -0.25) is 9.59 Å². The summed E-state index contributed by atoms with van der Waals surface area (Å²) in [5.41, 5.74) is -2.01. The average Bonchev–Trinajstić information content (AvgIpc) is 2.18. The average molecular weight is 282 g/mol. The second-order valence-electron chi connectivity index (χ2n) is 3.20. The zero-order valence-electron chi connectivity index (χ0n) is 8.85. The van der Waals surface area contributed by atoms with E-state index in [-0.39, 0.29) is 0 Å². The van der Waals surface area contributed by atoms with Crippen LogP contribution in [0.3, 0.4) is 0 Å². The van der Waals surface area contributed by atoms with Crippen LogP contribution in [0, 0.1) is 10.1 Å². The van der Waals surface area contributed by atoms with Gasteiger partial charge in [0.2, 0.25) is 0 Å². The van der Waals surface area contributed by atoms with Crippen LogP contribution in [-0.2, 0) is 11.2 Å². The van der Waals surface area contributed by atoms with Crippen LogP contribution in [0.1, 0.15) is 5.56 Å². The number of carboxylic acids is 1. The first-order chi connectivity index (χ1) is 8.60. The number of carbonyl (C=O) groups is 1. The molecule has 0 radical (unpaired) electrons. The maximum Gasteiger partial charge on any atom is 0.575 e. The third-order valence-electron chi connectivity index (χ3n) is 1.82. The van der Waals surface area contributed by atoms with Crippen molar-refractivity contribution in [3.8, 4) is 5.88 Å². The van der Waals surface area contributed by atoms with Crippen molar-refractivity contribution >= 4 is 11.8 Å². The van der Waals surface area contributed by atoms with Gasteiger partial charge in [-0.25, -0.2) is 4.98 Å². The first kappa shape index (κ1) is 14.5. The number of aliphatic carboxylic acids is 1. The molecule has 19 heavy (non-hydrogen) atoms. The lowest BCUT2D eigenvalue weighted by Crippen LogP contribution is -2.22. The van der Waals surface area contributed by atoms with Crippen molar-refractivity contribution in [1.82, 2.24) is 4.98 Å². The summed E-state index contributed by atoms with van der Waals surface area (Å²) >= 11 is 0. The molecule has 1 rings (SSSR count). The van der Waals surface area contributed by atoms with Gasteiger partial charge in [0.1, 0.15) is 5.56 Å². The highest BCUT2D eigenvalue weighted by Gasteiger charge is 2.34. The largest absolute Gasteiger partial charge is 0.575 e. The number of ether oxygens (including phenoxy) is 1. The smallest absolute Gasteiger partial charge is 0.481 e. The number of H-pyrrole nitrogens is 1. The summed E-state index contributed by atoms with van der Waals surface area (Å²) in [6.45, 7) is 0. The first-order valence-corrected chi connectivity index (χ1v) is 4.48. The van der Waals surface area contributed by atoms with Gasteiger partial charge in [-0.05, 0) is 4.92 Å². The highest BCUT2D eigenvalue weighted by atomic mass is 19.4. The van der Waals surface area contributed by atoms with E-state index in [1.165, 1.54) is 0 Å². The summed E-state index contributed by atoms with van der Waals surface area (Å²) in [6.07, 6.45) is -6.15. The Morgan fingerprint density at radius 2 is 2.11 bits per heavy atom. The van der Waals surface area contributed by atoms with Crippen molar-refractivity contribution in [1.29, 1.82) is 0 Å². The van der Waals surface area contributed by atoms with E-state index in [2.05, 4.69) is 4.74 Å². The number of pyridine rings is 1. The molecular weight excluding hydrogens is 277 g/mol. The molecule has 0 saturated heterocycles. The molecule has 0 amide bonds. The number of rotatable bonds is 4. The molecule has 0 aliphatic heterocycles. The summed E-state index contributed by atoms with van der Waals surface area (Å²) in [7, 11) is 0. The zero-order chi connectivity index (χ0) is 14.8. The molecule has 0 unspecified atom stereocenters. The van der Waals surface area contributed by atoms with Crippen LogP contribution in [0.2, 0.25) is 0 Å². The zero-order valence-corrected chi connectivity index (χ0v) is 8.85. The number of aromatic nitrogens is 1. The Bertz CT molecular complexity index is 579. The van der Waals surface area contributed by atoms with E-state index in [0.717, 1.165) is 0 Å². The van der Waals surface area contributed by atoms with E-state index >= 15 is 0 Å². The van der Waals surface area contributed by atoms with Crippen molar-refractivity contribution in [2.45, 2.75) is 12.8 Å². The number of alkyl halides is 3. The van der Waals surface area contributed by atoms with Gasteiger partial charge in [-0.2, -0.15) is 0 Å². The van der Waals surface area contributed by atoms with E-state index in [1.807, 2.05) is 0 Å². The van der Waals surface area contributed by atoms with Crippen LogP contribution < -0.4 is 10.2 Å².